The normalized spacial score (nSPS) is 11.7. The second-order valence-corrected chi connectivity index (χ2v) is 9.16. The molecule has 1 heterocycles. The highest BCUT2D eigenvalue weighted by molar-refractivity contribution is 9.11. The van der Waals surface area contributed by atoms with Crippen LogP contribution in [0.2, 0.25) is 0 Å². The summed E-state index contributed by atoms with van der Waals surface area (Å²) in [7, 11) is -3.46. The molecule has 0 radical (unpaired) electrons. The molecule has 0 aliphatic rings. The third-order valence-electron chi connectivity index (χ3n) is 2.51. The maximum Gasteiger partial charge on any atom is 0.250 e. The first kappa shape index (κ1) is 15.2. The number of rotatable bonds is 4. The molecular weight excluding hydrogens is 414 g/mol. The summed E-state index contributed by atoms with van der Waals surface area (Å²) in [5, 5.41) is 0. The Kier molecular flexibility index (Phi) is 4.84. The molecule has 2 aromatic rings. The fourth-order valence-electron chi connectivity index (χ4n) is 1.45. The quantitative estimate of drug-likeness (QED) is 0.804. The fourth-order valence-corrected chi connectivity index (χ4v) is 5.15. The van der Waals surface area contributed by atoms with E-state index >= 15 is 0 Å². The van der Waals surface area contributed by atoms with Gasteiger partial charge in [-0.1, -0.05) is 34.1 Å². The molecule has 0 atom stereocenters. The van der Waals surface area contributed by atoms with Gasteiger partial charge in [0.15, 0.2) is 0 Å². The first-order chi connectivity index (χ1) is 8.90. The summed E-state index contributed by atoms with van der Waals surface area (Å²) in [5.74, 6) is 0. The van der Waals surface area contributed by atoms with Crippen molar-refractivity contribution in [3.05, 3.63) is 49.7 Å². The molecular formula is C12H11Br2NO2S2. The summed E-state index contributed by atoms with van der Waals surface area (Å²) in [6, 6.07) is 9.19. The monoisotopic (exact) mass is 423 g/mol. The van der Waals surface area contributed by atoms with Gasteiger partial charge in [-0.3, -0.25) is 0 Å². The van der Waals surface area contributed by atoms with E-state index in [-0.39, 0.29) is 6.54 Å². The molecule has 0 saturated heterocycles. The number of aryl methyl sites for hydroxylation is 1. The van der Waals surface area contributed by atoms with Gasteiger partial charge >= 0.3 is 0 Å². The highest BCUT2D eigenvalue weighted by Crippen LogP contribution is 2.30. The summed E-state index contributed by atoms with van der Waals surface area (Å²) in [5.41, 5.74) is 1.82. The van der Waals surface area contributed by atoms with Crippen molar-refractivity contribution < 1.29 is 8.42 Å². The zero-order valence-electron chi connectivity index (χ0n) is 9.98. The van der Waals surface area contributed by atoms with E-state index in [4.69, 9.17) is 0 Å². The number of thiophene rings is 1. The Morgan fingerprint density at radius 2 is 1.95 bits per heavy atom. The van der Waals surface area contributed by atoms with E-state index in [0.717, 1.165) is 19.4 Å². The molecule has 7 heteroatoms. The van der Waals surface area contributed by atoms with Crippen LogP contribution in [-0.4, -0.2) is 8.42 Å². The van der Waals surface area contributed by atoms with E-state index in [1.165, 1.54) is 11.3 Å². The van der Waals surface area contributed by atoms with Gasteiger partial charge < -0.3 is 0 Å². The average molecular weight is 425 g/mol. The summed E-state index contributed by atoms with van der Waals surface area (Å²) in [6.07, 6.45) is 0. The van der Waals surface area contributed by atoms with Crippen LogP contribution in [0.4, 0.5) is 0 Å². The van der Waals surface area contributed by atoms with Crippen molar-refractivity contribution in [3.63, 3.8) is 0 Å². The van der Waals surface area contributed by atoms with Crippen LogP contribution in [0.1, 0.15) is 11.1 Å². The molecule has 0 aliphatic carbocycles. The van der Waals surface area contributed by atoms with Crippen LogP contribution in [0.15, 0.2) is 42.8 Å². The van der Waals surface area contributed by atoms with E-state index < -0.39 is 10.0 Å². The molecule has 1 aromatic carbocycles. The van der Waals surface area contributed by atoms with Crippen LogP contribution >= 0.6 is 43.2 Å². The Hall–Kier alpha value is -0.210. The second kappa shape index (κ2) is 6.05. The van der Waals surface area contributed by atoms with Crippen molar-refractivity contribution in [2.45, 2.75) is 17.7 Å². The van der Waals surface area contributed by atoms with Crippen molar-refractivity contribution >= 4 is 53.2 Å². The predicted octanol–water partition coefficient (Wildman–Crippen LogP) is 4.06. The van der Waals surface area contributed by atoms with E-state index in [9.17, 15) is 8.42 Å². The molecule has 0 fully saturated rings. The SMILES string of the molecule is Cc1cc(S(=O)(=O)NCc2ccccc2Br)sc1Br. The van der Waals surface area contributed by atoms with Gasteiger partial charge in [-0.15, -0.1) is 11.3 Å². The minimum Gasteiger partial charge on any atom is -0.206 e. The Bertz CT molecular complexity index is 676. The van der Waals surface area contributed by atoms with Crippen LogP contribution in [0.5, 0.6) is 0 Å². The van der Waals surface area contributed by atoms with E-state index in [1.807, 2.05) is 31.2 Å². The minimum atomic E-state index is -3.46. The number of nitrogens with one attached hydrogen (secondary N) is 1. The lowest BCUT2D eigenvalue weighted by molar-refractivity contribution is 0.583. The van der Waals surface area contributed by atoms with Crippen LogP contribution in [-0.2, 0) is 16.6 Å². The predicted molar refractivity (Wildman–Crippen MR) is 84.9 cm³/mol. The number of hydrogen-bond acceptors (Lipinski definition) is 3. The second-order valence-electron chi connectivity index (χ2n) is 3.94. The minimum absolute atomic E-state index is 0.262. The first-order valence-corrected chi connectivity index (χ1v) is 9.28. The smallest absolute Gasteiger partial charge is 0.206 e. The van der Waals surface area contributed by atoms with Crippen LogP contribution < -0.4 is 4.72 Å². The summed E-state index contributed by atoms with van der Waals surface area (Å²) in [4.78, 5) is 0. The van der Waals surface area contributed by atoms with Gasteiger partial charge in [0.1, 0.15) is 4.21 Å². The van der Waals surface area contributed by atoms with Gasteiger partial charge in [-0.05, 0) is 46.1 Å². The Labute approximate surface area is 133 Å². The van der Waals surface area contributed by atoms with Crippen molar-refractivity contribution in [2.24, 2.45) is 0 Å². The lowest BCUT2D eigenvalue weighted by Crippen LogP contribution is -2.22. The Morgan fingerprint density at radius 1 is 1.26 bits per heavy atom. The van der Waals surface area contributed by atoms with E-state index in [2.05, 4.69) is 36.6 Å². The molecule has 0 amide bonds. The van der Waals surface area contributed by atoms with Crippen LogP contribution in [0.25, 0.3) is 0 Å². The number of halogens is 2. The lowest BCUT2D eigenvalue weighted by atomic mass is 10.2. The molecule has 3 nitrogen and oxygen atoms in total. The maximum absolute atomic E-state index is 12.1. The lowest BCUT2D eigenvalue weighted by Gasteiger charge is -2.06. The zero-order valence-corrected chi connectivity index (χ0v) is 14.8. The van der Waals surface area contributed by atoms with Crippen molar-refractivity contribution in [1.29, 1.82) is 0 Å². The number of sulfonamides is 1. The molecule has 19 heavy (non-hydrogen) atoms. The standard InChI is InChI=1S/C12H11Br2NO2S2/c1-8-6-11(18-12(8)14)19(16,17)15-7-9-4-2-3-5-10(9)13/h2-6,15H,7H2,1H3. The molecule has 1 aromatic heterocycles. The third-order valence-corrected chi connectivity index (χ3v) is 7.29. The first-order valence-electron chi connectivity index (χ1n) is 5.39. The highest BCUT2D eigenvalue weighted by Gasteiger charge is 2.18. The summed E-state index contributed by atoms with van der Waals surface area (Å²) >= 11 is 7.95. The maximum atomic E-state index is 12.1. The molecule has 0 aliphatic heterocycles. The zero-order chi connectivity index (χ0) is 14.0. The number of benzene rings is 1. The molecule has 2 rings (SSSR count). The van der Waals surface area contributed by atoms with E-state index in [0.29, 0.717) is 4.21 Å². The molecule has 0 spiro atoms. The van der Waals surface area contributed by atoms with E-state index in [1.54, 1.807) is 6.07 Å². The van der Waals surface area contributed by atoms with Crippen molar-refractivity contribution in [1.82, 2.24) is 4.72 Å². The molecule has 1 N–H and O–H groups in total. The Balaban J connectivity index is 2.17. The largest absolute Gasteiger partial charge is 0.250 e. The van der Waals surface area contributed by atoms with Crippen LogP contribution in [0, 0.1) is 6.92 Å². The van der Waals surface area contributed by atoms with Gasteiger partial charge in [0.05, 0.1) is 3.79 Å². The molecule has 0 bridgehead atoms. The topological polar surface area (TPSA) is 46.2 Å². The molecule has 0 saturated carbocycles. The van der Waals surface area contributed by atoms with Gasteiger partial charge in [0.25, 0.3) is 0 Å². The number of hydrogen-bond donors (Lipinski definition) is 1. The summed E-state index contributed by atoms with van der Waals surface area (Å²) < 4.78 is 29.0. The van der Waals surface area contributed by atoms with Crippen molar-refractivity contribution in [3.8, 4) is 0 Å². The Morgan fingerprint density at radius 3 is 2.53 bits per heavy atom. The third kappa shape index (κ3) is 3.66. The summed E-state index contributed by atoms with van der Waals surface area (Å²) in [6.45, 7) is 2.13. The molecule has 0 unspecified atom stereocenters. The average Bonchev–Trinajstić information content (AvgIpc) is 2.70. The fraction of sp³-hybridized carbons (Fsp3) is 0.167. The highest BCUT2D eigenvalue weighted by atomic mass is 79.9. The van der Waals surface area contributed by atoms with Crippen LogP contribution in [0.3, 0.4) is 0 Å². The van der Waals surface area contributed by atoms with Gasteiger partial charge in [-0.25, -0.2) is 13.1 Å². The van der Waals surface area contributed by atoms with Gasteiger partial charge in [0.2, 0.25) is 10.0 Å². The van der Waals surface area contributed by atoms with Crippen molar-refractivity contribution in [2.75, 3.05) is 0 Å². The molecule has 102 valence electrons. The van der Waals surface area contributed by atoms with Gasteiger partial charge in [0, 0.05) is 11.0 Å². The van der Waals surface area contributed by atoms with Gasteiger partial charge in [-0.2, -0.15) is 0 Å².